The zero-order chi connectivity index (χ0) is 35.6. The van der Waals surface area contributed by atoms with Crippen LogP contribution in [-0.4, -0.2) is 90.3 Å². The third-order valence-electron chi connectivity index (χ3n) is 9.52. The monoisotopic (exact) mass is 692 g/mol. The molecule has 0 unspecified atom stereocenters. The molecule has 286 valence electrons. The van der Waals surface area contributed by atoms with Gasteiger partial charge in [-0.1, -0.05) is 103 Å². The number of piperidine rings is 1. The minimum absolute atomic E-state index is 0.00867. The van der Waals surface area contributed by atoms with Crippen LogP contribution < -0.4 is 20.9 Å². The van der Waals surface area contributed by atoms with Crippen molar-refractivity contribution < 1.29 is 14.6 Å². The molecule has 10 nitrogen and oxygen atoms in total. The van der Waals surface area contributed by atoms with Crippen molar-refractivity contribution in [2.24, 2.45) is 0 Å². The lowest BCUT2D eigenvalue weighted by molar-refractivity contribution is 0.129. The van der Waals surface area contributed by atoms with Crippen LogP contribution in [0, 0.1) is 0 Å². The van der Waals surface area contributed by atoms with Gasteiger partial charge in [0.25, 0.3) is 0 Å². The van der Waals surface area contributed by atoms with E-state index in [1.165, 1.54) is 96.3 Å². The van der Waals surface area contributed by atoms with Gasteiger partial charge in [0.2, 0.25) is 17.8 Å². The van der Waals surface area contributed by atoms with Gasteiger partial charge in [-0.2, -0.15) is 15.0 Å². The third kappa shape index (κ3) is 20.6. The average Bonchev–Trinajstić information content (AvgIpc) is 3.05. The molecule has 4 N–H and O–H groups in total. The molecule has 1 fully saturated rings. The molecule has 1 saturated heterocycles. The molecule has 1 aliphatic heterocycles. The van der Waals surface area contributed by atoms with E-state index in [2.05, 4.69) is 60.5 Å². The Morgan fingerprint density at radius 1 is 0.673 bits per heavy atom. The van der Waals surface area contributed by atoms with Crippen LogP contribution in [0.25, 0.3) is 0 Å². The number of aromatic nitrogens is 3. The van der Waals surface area contributed by atoms with Crippen molar-refractivity contribution in [3.63, 3.8) is 0 Å². The smallest absolute Gasteiger partial charge is 0.232 e. The second-order valence-electron chi connectivity index (χ2n) is 15.6. The standard InChI is InChI=1S/C39H77N7O3/c1-7-8-9-10-11-12-13-14-15-16-17-18-19-20-21-22-30-49-31-23-25-40-35-42-36(41-26-28-47)44-37(43-35)46(27-24-29-48-6)34-32-38(2,3)45-39(4,5)33-34/h34,45,47H,7-33H2,1-6H3,(H2,40,41,42,43,44). The van der Waals surface area contributed by atoms with Gasteiger partial charge in [-0.15, -0.1) is 0 Å². The van der Waals surface area contributed by atoms with E-state index in [9.17, 15) is 5.11 Å². The first-order valence-electron chi connectivity index (χ1n) is 20.2. The zero-order valence-corrected chi connectivity index (χ0v) is 32.7. The number of anilines is 3. The van der Waals surface area contributed by atoms with E-state index < -0.39 is 0 Å². The first-order valence-corrected chi connectivity index (χ1v) is 20.2. The number of aliphatic hydroxyl groups excluding tert-OH is 1. The summed E-state index contributed by atoms with van der Waals surface area (Å²) in [4.78, 5) is 16.7. The molecule has 10 heteroatoms. The second kappa shape index (κ2) is 26.1. The molecule has 0 bridgehead atoms. The van der Waals surface area contributed by atoms with Gasteiger partial charge >= 0.3 is 0 Å². The summed E-state index contributed by atoms with van der Waals surface area (Å²) in [7, 11) is 1.74. The van der Waals surface area contributed by atoms with Crippen molar-refractivity contribution in [2.45, 2.75) is 180 Å². The predicted molar refractivity (Wildman–Crippen MR) is 207 cm³/mol. The predicted octanol–water partition coefficient (Wildman–Crippen LogP) is 8.51. The van der Waals surface area contributed by atoms with Crippen molar-refractivity contribution >= 4 is 17.8 Å². The summed E-state index contributed by atoms with van der Waals surface area (Å²) in [5, 5.41) is 19.8. The molecular weight excluding hydrogens is 614 g/mol. The highest BCUT2D eigenvalue weighted by Crippen LogP contribution is 2.33. The molecule has 1 aromatic heterocycles. The van der Waals surface area contributed by atoms with E-state index in [0.29, 0.717) is 31.0 Å². The lowest BCUT2D eigenvalue weighted by Gasteiger charge is -2.49. The number of unbranched alkanes of at least 4 members (excludes halogenated alkanes) is 15. The highest BCUT2D eigenvalue weighted by atomic mass is 16.5. The number of hydrogen-bond acceptors (Lipinski definition) is 10. The molecule has 0 spiro atoms. The minimum atomic E-state index is -0.00974. The summed E-state index contributed by atoms with van der Waals surface area (Å²) in [5.41, 5.74) is -0.0195. The van der Waals surface area contributed by atoms with Crippen LogP contribution in [0.3, 0.4) is 0 Å². The number of hydrogen-bond donors (Lipinski definition) is 4. The summed E-state index contributed by atoms with van der Waals surface area (Å²) in [6.07, 6.45) is 25.8. The van der Waals surface area contributed by atoms with Crippen molar-refractivity contribution in [1.29, 1.82) is 0 Å². The molecule has 1 aromatic rings. The molecular formula is C39H77N7O3. The Hall–Kier alpha value is -1.75. The minimum Gasteiger partial charge on any atom is -0.395 e. The zero-order valence-electron chi connectivity index (χ0n) is 32.7. The molecule has 0 saturated carbocycles. The van der Waals surface area contributed by atoms with Gasteiger partial charge < -0.3 is 35.4 Å². The maximum Gasteiger partial charge on any atom is 0.232 e. The summed E-state index contributed by atoms with van der Waals surface area (Å²) in [6.45, 7) is 15.5. The van der Waals surface area contributed by atoms with Gasteiger partial charge in [0.1, 0.15) is 0 Å². The topological polar surface area (TPSA) is 117 Å². The van der Waals surface area contributed by atoms with Gasteiger partial charge in [-0.3, -0.25) is 0 Å². The van der Waals surface area contributed by atoms with Gasteiger partial charge in [-0.05, 0) is 59.8 Å². The van der Waals surface area contributed by atoms with Crippen LogP contribution in [0.5, 0.6) is 0 Å². The molecule has 0 radical (unpaired) electrons. The Labute approximate surface area is 301 Å². The molecule has 1 aliphatic rings. The van der Waals surface area contributed by atoms with Crippen LogP contribution in [-0.2, 0) is 9.47 Å². The van der Waals surface area contributed by atoms with Gasteiger partial charge in [0, 0.05) is 63.7 Å². The van der Waals surface area contributed by atoms with E-state index in [4.69, 9.17) is 19.4 Å². The van der Waals surface area contributed by atoms with Crippen molar-refractivity contribution in [2.75, 3.05) is 68.7 Å². The molecule has 2 rings (SSSR count). The quantitative estimate of drug-likeness (QED) is 0.0565. The van der Waals surface area contributed by atoms with E-state index in [-0.39, 0.29) is 23.7 Å². The Morgan fingerprint density at radius 3 is 1.67 bits per heavy atom. The summed E-state index contributed by atoms with van der Waals surface area (Å²) < 4.78 is 11.3. The van der Waals surface area contributed by atoms with E-state index >= 15 is 0 Å². The summed E-state index contributed by atoms with van der Waals surface area (Å²) in [5.74, 6) is 1.69. The van der Waals surface area contributed by atoms with Gasteiger partial charge in [-0.25, -0.2) is 0 Å². The van der Waals surface area contributed by atoms with Crippen LogP contribution in [0.4, 0.5) is 17.8 Å². The molecule has 0 atom stereocenters. The molecule has 0 amide bonds. The van der Waals surface area contributed by atoms with E-state index in [1.807, 2.05) is 0 Å². The summed E-state index contributed by atoms with van der Waals surface area (Å²) in [6, 6.07) is 0.266. The van der Waals surface area contributed by atoms with Gasteiger partial charge in [0.15, 0.2) is 0 Å². The van der Waals surface area contributed by atoms with Crippen LogP contribution >= 0.6 is 0 Å². The van der Waals surface area contributed by atoms with E-state index in [1.54, 1.807) is 7.11 Å². The number of nitrogens with one attached hydrogen (secondary N) is 3. The summed E-state index contributed by atoms with van der Waals surface area (Å²) >= 11 is 0. The maximum atomic E-state index is 9.43. The first-order chi connectivity index (χ1) is 23.7. The lowest BCUT2D eigenvalue weighted by Crippen LogP contribution is -2.62. The van der Waals surface area contributed by atoms with Crippen LogP contribution in [0.1, 0.15) is 163 Å². The lowest BCUT2D eigenvalue weighted by atomic mass is 9.79. The Balaban J connectivity index is 1.68. The third-order valence-corrected chi connectivity index (χ3v) is 9.52. The average molecular weight is 692 g/mol. The SMILES string of the molecule is CCCCCCCCCCCCCCCCCCOCCCNc1nc(NCCO)nc(N(CCCOC)C2CC(C)(C)NC(C)(C)C2)n1. The molecule has 2 heterocycles. The fraction of sp³-hybridized carbons (Fsp3) is 0.923. The van der Waals surface area contributed by atoms with Crippen molar-refractivity contribution in [1.82, 2.24) is 20.3 Å². The van der Waals surface area contributed by atoms with E-state index in [0.717, 1.165) is 58.4 Å². The fourth-order valence-corrected chi connectivity index (χ4v) is 7.36. The molecule has 49 heavy (non-hydrogen) atoms. The number of nitrogens with zero attached hydrogens (tertiary/aromatic N) is 4. The van der Waals surface area contributed by atoms with Crippen LogP contribution in [0.15, 0.2) is 0 Å². The second-order valence-corrected chi connectivity index (χ2v) is 15.6. The number of ether oxygens (including phenoxy) is 2. The highest BCUT2D eigenvalue weighted by Gasteiger charge is 2.40. The molecule has 0 aliphatic carbocycles. The first kappa shape index (κ1) is 43.4. The number of methoxy groups -OCH3 is 1. The Bertz CT molecular complexity index is 933. The van der Waals surface area contributed by atoms with Gasteiger partial charge in [0.05, 0.1) is 6.61 Å². The molecule has 0 aromatic carbocycles. The van der Waals surface area contributed by atoms with Crippen molar-refractivity contribution in [3.05, 3.63) is 0 Å². The number of rotatable bonds is 31. The van der Waals surface area contributed by atoms with Crippen LogP contribution in [0.2, 0.25) is 0 Å². The highest BCUT2D eigenvalue weighted by molar-refractivity contribution is 5.45. The fourth-order valence-electron chi connectivity index (χ4n) is 7.36. The Morgan fingerprint density at radius 2 is 1.16 bits per heavy atom. The Kier molecular flexibility index (Phi) is 23.1. The number of aliphatic hydroxyl groups is 1. The van der Waals surface area contributed by atoms with Crippen molar-refractivity contribution in [3.8, 4) is 0 Å². The normalized spacial score (nSPS) is 15.8. The maximum absolute atomic E-state index is 9.43. The largest absolute Gasteiger partial charge is 0.395 e.